The van der Waals surface area contributed by atoms with Gasteiger partial charge in [0, 0.05) is 17.1 Å². The van der Waals surface area contributed by atoms with E-state index in [1.54, 1.807) is 69.4 Å². The summed E-state index contributed by atoms with van der Waals surface area (Å²) in [6, 6.07) is 18.7. The Labute approximate surface area is 237 Å². The second-order valence-electron chi connectivity index (χ2n) is 10.4. The van der Waals surface area contributed by atoms with Crippen molar-refractivity contribution in [3.63, 3.8) is 0 Å². The van der Waals surface area contributed by atoms with E-state index in [1.165, 1.54) is 4.57 Å². The molecule has 3 heterocycles. The number of nitrogens with zero attached hydrogens (tertiary/aromatic N) is 4. The molecule has 1 aliphatic rings. The zero-order valence-corrected chi connectivity index (χ0v) is 23.1. The summed E-state index contributed by atoms with van der Waals surface area (Å²) in [7, 11) is 0. The van der Waals surface area contributed by atoms with Crippen LogP contribution in [0.5, 0.6) is 5.75 Å². The third-order valence-electron chi connectivity index (χ3n) is 6.44. The summed E-state index contributed by atoms with van der Waals surface area (Å²) < 4.78 is 18.0. The van der Waals surface area contributed by atoms with Crippen molar-refractivity contribution in [3.05, 3.63) is 77.1 Å². The Morgan fingerprint density at radius 2 is 1.82 bits per heavy atom. The summed E-state index contributed by atoms with van der Waals surface area (Å²) in [5.41, 5.74) is 8.55. The zero-order valence-electron chi connectivity index (χ0n) is 22.2. The first-order valence-electron chi connectivity index (χ1n) is 12.6. The molecule has 5 rings (SSSR count). The molecule has 0 aliphatic carbocycles. The number of hydrogen-bond donors (Lipinski definition) is 2. The first-order chi connectivity index (χ1) is 19.1. The van der Waals surface area contributed by atoms with E-state index in [-0.39, 0.29) is 23.0 Å². The number of carbonyl (C=O) groups is 1. The minimum atomic E-state index is -0.692. The van der Waals surface area contributed by atoms with E-state index in [2.05, 4.69) is 17.1 Å². The van der Waals surface area contributed by atoms with Gasteiger partial charge in [0.1, 0.15) is 41.0 Å². The Morgan fingerprint density at radius 1 is 1.12 bits per heavy atom. The van der Waals surface area contributed by atoms with Gasteiger partial charge in [0.15, 0.2) is 0 Å². The highest BCUT2D eigenvalue weighted by molar-refractivity contribution is 7.80. The second kappa shape index (κ2) is 10.6. The number of anilines is 1. The van der Waals surface area contributed by atoms with Crippen molar-refractivity contribution in [1.82, 2.24) is 9.55 Å². The van der Waals surface area contributed by atoms with E-state index >= 15 is 0 Å². The lowest BCUT2D eigenvalue weighted by Gasteiger charge is -2.26. The minimum Gasteiger partial charge on any atom is -0.486 e. The molecular weight excluding hydrogens is 526 g/mol. The quantitative estimate of drug-likeness (QED) is 0.304. The lowest BCUT2D eigenvalue weighted by Crippen LogP contribution is -2.38. The number of fused-ring (bicyclic) bond motifs is 1. The SMILES string of the molecule is CC(C)(C)OC(=O)n1ccc2c([C@H](S)c3nc(N)c(C#N)c(-c4ccc(OC5COC5)cc4)c3C#N)cccc21. The van der Waals surface area contributed by atoms with Gasteiger partial charge in [0.2, 0.25) is 0 Å². The number of nitriles is 2. The van der Waals surface area contributed by atoms with Crippen molar-refractivity contribution in [2.45, 2.75) is 37.7 Å². The van der Waals surface area contributed by atoms with Crippen LogP contribution in [-0.2, 0) is 9.47 Å². The molecule has 0 radical (unpaired) electrons. The van der Waals surface area contributed by atoms with Gasteiger partial charge in [-0.2, -0.15) is 23.2 Å². The number of aromatic nitrogens is 2. The van der Waals surface area contributed by atoms with E-state index in [1.807, 2.05) is 6.07 Å². The van der Waals surface area contributed by atoms with E-state index in [4.69, 9.17) is 32.6 Å². The summed E-state index contributed by atoms with van der Waals surface area (Å²) >= 11 is 4.87. The maximum Gasteiger partial charge on any atom is 0.418 e. The van der Waals surface area contributed by atoms with E-state index in [9.17, 15) is 15.3 Å². The van der Waals surface area contributed by atoms with Gasteiger partial charge in [0.05, 0.1) is 35.2 Å². The molecule has 0 unspecified atom stereocenters. The third kappa shape index (κ3) is 5.07. The standard InChI is InChI=1S/C30H27N5O4S/c1-30(2,3)39-29(36)35-12-11-20-21(5-4-6-24(20)35)27(40)26-22(13-31)25(23(14-32)28(33)34-26)17-7-9-18(10-8-17)38-19-15-37-16-19/h4-12,19,27,40H,15-16H2,1-3H3,(H2,33,34)/t27-/m0/s1. The predicted molar refractivity (Wildman–Crippen MR) is 153 cm³/mol. The molecule has 0 saturated carbocycles. The highest BCUT2D eigenvalue weighted by atomic mass is 32.1. The van der Waals surface area contributed by atoms with Crippen LogP contribution >= 0.6 is 12.6 Å². The second-order valence-corrected chi connectivity index (χ2v) is 10.9. The summed E-state index contributed by atoms with van der Waals surface area (Å²) in [6.45, 7) is 6.49. The number of ether oxygens (including phenoxy) is 3. The Morgan fingerprint density at radius 3 is 2.42 bits per heavy atom. The smallest absolute Gasteiger partial charge is 0.418 e. The van der Waals surface area contributed by atoms with Crippen LogP contribution in [0.15, 0.2) is 54.7 Å². The van der Waals surface area contributed by atoms with Crippen LogP contribution in [0.2, 0.25) is 0 Å². The molecule has 1 aliphatic heterocycles. The van der Waals surface area contributed by atoms with Crippen LogP contribution in [0.3, 0.4) is 0 Å². The van der Waals surface area contributed by atoms with E-state index in [0.717, 1.165) is 5.39 Å². The fraction of sp³-hybridized carbons (Fsp3) is 0.267. The van der Waals surface area contributed by atoms with E-state index < -0.39 is 16.9 Å². The Kier molecular flexibility index (Phi) is 7.16. The maximum absolute atomic E-state index is 12.8. The number of rotatable bonds is 5. The Bertz CT molecular complexity index is 1690. The number of nitrogens with two attached hydrogens (primary N) is 1. The van der Waals surface area contributed by atoms with E-state index in [0.29, 0.717) is 46.9 Å². The summed E-state index contributed by atoms with van der Waals surface area (Å²) in [5.74, 6) is 0.653. The van der Waals surface area contributed by atoms with Crippen LogP contribution in [-0.4, -0.2) is 40.6 Å². The maximum atomic E-state index is 12.8. The van der Waals surface area contributed by atoms with Gasteiger partial charge in [-0.1, -0.05) is 24.3 Å². The van der Waals surface area contributed by atoms with Gasteiger partial charge in [-0.25, -0.2) is 9.78 Å². The highest BCUT2D eigenvalue weighted by Gasteiger charge is 2.27. The number of benzene rings is 2. The van der Waals surface area contributed by atoms with Crippen molar-refractivity contribution in [2.24, 2.45) is 0 Å². The molecular formula is C30H27N5O4S. The lowest BCUT2D eigenvalue weighted by atomic mass is 9.92. The van der Waals surface area contributed by atoms with Gasteiger partial charge in [-0.3, -0.25) is 4.57 Å². The largest absolute Gasteiger partial charge is 0.486 e. The van der Waals surface area contributed by atoms with Crippen LogP contribution in [0, 0.1) is 22.7 Å². The van der Waals surface area contributed by atoms with Gasteiger partial charge < -0.3 is 19.9 Å². The fourth-order valence-electron chi connectivity index (χ4n) is 4.56. The lowest BCUT2D eigenvalue weighted by molar-refractivity contribution is -0.0796. The average molecular weight is 554 g/mol. The molecule has 4 aromatic rings. The monoisotopic (exact) mass is 553 g/mol. The Balaban J connectivity index is 1.59. The number of thiol groups is 1. The molecule has 1 fully saturated rings. The first-order valence-corrected chi connectivity index (χ1v) is 13.1. The van der Waals surface area contributed by atoms with Crippen molar-refractivity contribution in [2.75, 3.05) is 18.9 Å². The van der Waals surface area contributed by atoms with Crippen LogP contribution in [0.25, 0.3) is 22.0 Å². The normalized spacial score (nSPS) is 14.2. The summed E-state index contributed by atoms with van der Waals surface area (Å²) in [4.78, 5) is 17.3. The molecule has 40 heavy (non-hydrogen) atoms. The van der Waals surface area contributed by atoms with Crippen LogP contribution < -0.4 is 10.5 Å². The molecule has 2 aromatic heterocycles. The molecule has 1 saturated heterocycles. The highest BCUT2D eigenvalue weighted by Crippen LogP contribution is 2.40. The Hall–Kier alpha value is -4.51. The summed E-state index contributed by atoms with van der Waals surface area (Å²) in [5, 5.41) is 20.3. The molecule has 0 amide bonds. The van der Waals surface area contributed by atoms with Gasteiger partial charge >= 0.3 is 6.09 Å². The molecule has 10 heteroatoms. The number of hydrogen-bond acceptors (Lipinski definition) is 9. The molecule has 0 bridgehead atoms. The van der Waals surface area contributed by atoms with Crippen molar-refractivity contribution in [3.8, 4) is 29.0 Å². The molecule has 0 spiro atoms. The number of carbonyl (C=O) groups excluding carboxylic acids is 1. The molecule has 202 valence electrons. The number of nitrogen functional groups attached to an aromatic ring is 1. The molecule has 2 N–H and O–H groups in total. The number of pyridine rings is 1. The zero-order chi connectivity index (χ0) is 28.6. The molecule has 1 atom stereocenters. The third-order valence-corrected chi connectivity index (χ3v) is 6.96. The van der Waals surface area contributed by atoms with Gasteiger partial charge in [0.25, 0.3) is 0 Å². The van der Waals surface area contributed by atoms with Gasteiger partial charge in [-0.05, 0) is 56.2 Å². The minimum absolute atomic E-state index is 0.00371. The van der Waals surface area contributed by atoms with Crippen molar-refractivity contribution >= 4 is 35.4 Å². The topological polar surface area (TPSA) is 136 Å². The van der Waals surface area contributed by atoms with Crippen molar-refractivity contribution in [1.29, 1.82) is 10.5 Å². The van der Waals surface area contributed by atoms with Gasteiger partial charge in [-0.15, -0.1) is 0 Å². The average Bonchev–Trinajstić information content (AvgIpc) is 3.34. The van der Waals surface area contributed by atoms with Crippen molar-refractivity contribution < 1.29 is 19.0 Å². The summed E-state index contributed by atoms with van der Waals surface area (Å²) in [6.07, 6.45) is 1.14. The molecule has 9 nitrogen and oxygen atoms in total. The van der Waals surface area contributed by atoms with Crippen LogP contribution in [0.4, 0.5) is 10.6 Å². The first kappa shape index (κ1) is 27.1. The predicted octanol–water partition coefficient (Wildman–Crippen LogP) is 5.61. The molecule has 2 aromatic carbocycles. The fourth-order valence-corrected chi connectivity index (χ4v) is 4.97. The van der Waals surface area contributed by atoms with Crippen LogP contribution in [0.1, 0.15) is 48.4 Å².